The average Bonchev–Trinajstić information content (AvgIpc) is 3.44. The minimum Gasteiger partial charge on any atom is -0.453 e. The second-order valence-electron chi connectivity index (χ2n) is 8.20. The molecule has 182 valence electrons. The lowest BCUT2D eigenvalue weighted by Crippen LogP contribution is -2.39. The Morgan fingerprint density at radius 1 is 0.857 bits per heavy atom. The molecule has 1 saturated heterocycles. The molecule has 1 aliphatic heterocycles. The molecule has 1 amide bonds. The third kappa shape index (κ3) is 5.27. The molecule has 2 N–H and O–H groups in total. The fourth-order valence-corrected chi connectivity index (χ4v) is 5.50. The van der Waals surface area contributed by atoms with Gasteiger partial charge in [-0.1, -0.05) is 60.7 Å². The predicted octanol–water partition coefficient (Wildman–Crippen LogP) is 2.89. The zero-order valence-corrected chi connectivity index (χ0v) is 19.8. The molecule has 1 fully saturated rings. The largest absolute Gasteiger partial charge is 0.453 e. The van der Waals surface area contributed by atoms with Gasteiger partial charge in [-0.25, -0.2) is 13.2 Å². The molecule has 0 aliphatic carbocycles. The first kappa shape index (κ1) is 24.6. The number of aliphatic hydroxyl groups is 1. The number of nitrogens with zero attached hydrogens (tertiary/aromatic N) is 1. The van der Waals surface area contributed by atoms with Crippen molar-refractivity contribution in [3.63, 3.8) is 0 Å². The van der Waals surface area contributed by atoms with Crippen molar-refractivity contribution < 1.29 is 27.9 Å². The number of benzene rings is 3. The number of ether oxygens (including phenoxy) is 1. The van der Waals surface area contributed by atoms with E-state index < -0.39 is 34.1 Å². The van der Waals surface area contributed by atoms with Crippen molar-refractivity contribution in [3.8, 4) is 0 Å². The van der Waals surface area contributed by atoms with E-state index in [9.17, 15) is 23.1 Å². The zero-order valence-electron chi connectivity index (χ0n) is 19.0. The minimum atomic E-state index is -3.55. The first-order valence-corrected chi connectivity index (χ1v) is 12.7. The summed E-state index contributed by atoms with van der Waals surface area (Å²) in [5, 5.41) is 13.9. The molecule has 1 heterocycles. The van der Waals surface area contributed by atoms with Crippen molar-refractivity contribution in [1.82, 2.24) is 4.31 Å². The Morgan fingerprint density at radius 2 is 1.37 bits per heavy atom. The topological polar surface area (TPSA) is 113 Å². The van der Waals surface area contributed by atoms with Crippen LogP contribution >= 0.6 is 0 Å². The number of anilines is 1. The third-order valence-electron chi connectivity index (χ3n) is 5.85. The summed E-state index contributed by atoms with van der Waals surface area (Å²) >= 11 is 0. The molecule has 8 nitrogen and oxygen atoms in total. The van der Waals surface area contributed by atoms with Gasteiger partial charge in [0.15, 0.2) is 6.61 Å². The number of carbonyl (C=O) groups is 2. The Balaban J connectivity index is 1.41. The molecule has 35 heavy (non-hydrogen) atoms. The highest BCUT2D eigenvalue weighted by molar-refractivity contribution is 7.89. The number of nitrogens with one attached hydrogen (secondary N) is 1. The zero-order chi connectivity index (χ0) is 24.9. The first-order chi connectivity index (χ1) is 16.8. The van der Waals surface area contributed by atoms with Gasteiger partial charge in [-0.15, -0.1) is 0 Å². The summed E-state index contributed by atoms with van der Waals surface area (Å²) < 4.78 is 31.9. The maximum Gasteiger partial charge on any atom is 0.348 e. The van der Waals surface area contributed by atoms with Crippen molar-refractivity contribution in [1.29, 1.82) is 0 Å². The van der Waals surface area contributed by atoms with Gasteiger partial charge in [0.1, 0.15) is 0 Å². The van der Waals surface area contributed by atoms with E-state index in [0.717, 1.165) is 12.8 Å². The van der Waals surface area contributed by atoms with Crippen LogP contribution in [-0.4, -0.2) is 49.4 Å². The maximum absolute atomic E-state index is 13.0. The van der Waals surface area contributed by atoms with Crippen molar-refractivity contribution in [3.05, 3.63) is 96.1 Å². The van der Waals surface area contributed by atoms with Crippen molar-refractivity contribution in [2.24, 2.45) is 0 Å². The Kier molecular flexibility index (Phi) is 7.30. The summed E-state index contributed by atoms with van der Waals surface area (Å²) in [5.74, 6) is -1.62. The molecule has 0 unspecified atom stereocenters. The molecular weight excluding hydrogens is 468 g/mol. The van der Waals surface area contributed by atoms with E-state index in [4.69, 9.17) is 4.74 Å². The fraction of sp³-hybridized carbons (Fsp3) is 0.231. The van der Waals surface area contributed by atoms with Crippen LogP contribution in [0.3, 0.4) is 0 Å². The van der Waals surface area contributed by atoms with Gasteiger partial charge >= 0.3 is 5.97 Å². The number of sulfonamides is 1. The normalized spacial score (nSPS) is 14.4. The molecule has 9 heteroatoms. The van der Waals surface area contributed by atoms with Crippen molar-refractivity contribution in [2.45, 2.75) is 23.3 Å². The molecule has 0 bridgehead atoms. The Morgan fingerprint density at radius 3 is 1.89 bits per heavy atom. The second-order valence-corrected chi connectivity index (χ2v) is 10.1. The lowest BCUT2D eigenvalue weighted by molar-refractivity contribution is -0.163. The lowest BCUT2D eigenvalue weighted by Gasteiger charge is -2.27. The maximum atomic E-state index is 13.0. The molecular formula is C26H26N2O6S. The van der Waals surface area contributed by atoms with E-state index in [1.807, 2.05) is 0 Å². The quantitative estimate of drug-likeness (QED) is 0.466. The van der Waals surface area contributed by atoms with Crippen LogP contribution in [-0.2, 0) is 30.0 Å². The lowest BCUT2D eigenvalue weighted by atomic mass is 9.86. The molecule has 0 spiro atoms. The summed E-state index contributed by atoms with van der Waals surface area (Å²) in [5.41, 5.74) is -1.11. The molecule has 3 aromatic rings. The first-order valence-electron chi connectivity index (χ1n) is 11.2. The third-order valence-corrected chi connectivity index (χ3v) is 7.77. The summed E-state index contributed by atoms with van der Waals surface area (Å²) in [6.45, 7) is 0.379. The SMILES string of the molecule is O=C(COC(=O)C(O)(c1ccccc1)c1ccccc1)Nc1ccc(S(=O)(=O)N2CCCC2)cc1. The number of hydrogen-bond donors (Lipinski definition) is 2. The van der Waals surface area contributed by atoms with E-state index in [-0.39, 0.29) is 4.90 Å². The van der Waals surface area contributed by atoms with Gasteiger partial charge in [0, 0.05) is 18.8 Å². The van der Waals surface area contributed by atoms with Crippen molar-refractivity contribution in [2.75, 3.05) is 25.0 Å². The van der Waals surface area contributed by atoms with E-state index >= 15 is 0 Å². The number of amides is 1. The van der Waals surface area contributed by atoms with Gasteiger partial charge in [0.2, 0.25) is 15.6 Å². The van der Waals surface area contributed by atoms with Crippen LogP contribution in [0, 0.1) is 0 Å². The smallest absolute Gasteiger partial charge is 0.348 e. The van der Waals surface area contributed by atoms with Crippen LogP contribution in [0.1, 0.15) is 24.0 Å². The van der Waals surface area contributed by atoms with Crippen LogP contribution in [0.5, 0.6) is 0 Å². The summed E-state index contributed by atoms with van der Waals surface area (Å²) in [7, 11) is -3.55. The Labute approximate surface area is 204 Å². The number of carbonyl (C=O) groups excluding carboxylic acids is 2. The summed E-state index contributed by atoms with van der Waals surface area (Å²) in [6, 6.07) is 22.5. The van der Waals surface area contributed by atoms with Gasteiger partial charge in [-0.3, -0.25) is 4.79 Å². The Bertz CT molecular complexity index is 1230. The van der Waals surface area contributed by atoms with Gasteiger partial charge in [-0.05, 0) is 48.2 Å². The molecule has 3 aromatic carbocycles. The molecule has 0 saturated carbocycles. The van der Waals surface area contributed by atoms with Crippen LogP contribution in [0.4, 0.5) is 5.69 Å². The van der Waals surface area contributed by atoms with E-state index in [1.54, 1.807) is 60.7 Å². The van der Waals surface area contributed by atoms with Gasteiger partial charge in [-0.2, -0.15) is 4.31 Å². The highest BCUT2D eigenvalue weighted by Crippen LogP contribution is 2.31. The molecule has 4 rings (SSSR count). The second kappa shape index (κ2) is 10.4. The number of hydrogen-bond acceptors (Lipinski definition) is 6. The van der Waals surface area contributed by atoms with Crippen LogP contribution in [0.15, 0.2) is 89.8 Å². The minimum absolute atomic E-state index is 0.152. The van der Waals surface area contributed by atoms with E-state index in [0.29, 0.717) is 29.9 Å². The number of esters is 1. The van der Waals surface area contributed by atoms with Crippen LogP contribution < -0.4 is 5.32 Å². The van der Waals surface area contributed by atoms with Gasteiger partial charge < -0.3 is 15.2 Å². The van der Waals surface area contributed by atoms with Crippen LogP contribution in [0.2, 0.25) is 0 Å². The monoisotopic (exact) mass is 494 g/mol. The highest BCUT2D eigenvalue weighted by Gasteiger charge is 2.41. The predicted molar refractivity (Wildman–Crippen MR) is 130 cm³/mol. The molecule has 0 radical (unpaired) electrons. The highest BCUT2D eigenvalue weighted by atomic mass is 32.2. The van der Waals surface area contributed by atoms with Gasteiger partial charge in [0.25, 0.3) is 5.91 Å². The van der Waals surface area contributed by atoms with E-state index in [1.165, 1.54) is 28.6 Å². The molecule has 0 atom stereocenters. The summed E-state index contributed by atoms with van der Waals surface area (Å²) in [6.07, 6.45) is 1.69. The molecule has 0 aromatic heterocycles. The van der Waals surface area contributed by atoms with E-state index in [2.05, 4.69) is 5.32 Å². The fourth-order valence-electron chi connectivity index (χ4n) is 3.98. The van der Waals surface area contributed by atoms with Gasteiger partial charge in [0.05, 0.1) is 4.90 Å². The summed E-state index contributed by atoms with van der Waals surface area (Å²) in [4.78, 5) is 25.5. The number of rotatable bonds is 8. The van der Waals surface area contributed by atoms with Crippen LogP contribution in [0.25, 0.3) is 0 Å². The Hall–Kier alpha value is -3.53. The molecule has 1 aliphatic rings. The standard InChI is InChI=1S/C26H26N2O6S/c29-24(27-22-13-15-23(16-14-22)35(32,33)28-17-7-8-18-28)19-34-25(30)26(31,20-9-3-1-4-10-20)21-11-5-2-6-12-21/h1-6,9-16,31H,7-8,17-19H2,(H,27,29). The van der Waals surface area contributed by atoms with Crippen molar-refractivity contribution >= 4 is 27.6 Å². The average molecular weight is 495 g/mol.